The highest BCUT2D eigenvalue weighted by Gasteiger charge is 2.36. The van der Waals surface area contributed by atoms with Gasteiger partial charge < -0.3 is 16.8 Å². The van der Waals surface area contributed by atoms with E-state index in [1.54, 1.807) is 18.2 Å². The van der Waals surface area contributed by atoms with E-state index < -0.39 is 5.92 Å². The van der Waals surface area contributed by atoms with Gasteiger partial charge in [-0.3, -0.25) is 10.8 Å². The summed E-state index contributed by atoms with van der Waals surface area (Å²) in [5.41, 5.74) is 14.4. The number of nitrogens with zero attached hydrogens (tertiary/aromatic N) is 2. The molecule has 1 fully saturated rings. The molecule has 0 aromatic rings. The lowest BCUT2D eigenvalue weighted by Crippen LogP contribution is -2.35. The van der Waals surface area contributed by atoms with Gasteiger partial charge in [-0.2, -0.15) is 5.26 Å². The Morgan fingerprint density at radius 3 is 2.68 bits per heavy atom. The zero-order valence-corrected chi connectivity index (χ0v) is 13.8. The molecule has 0 amide bonds. The van der Waals surface area contributed by atoms with E-state index >= 15 is 0 Å². The van der Waals surface area contributed by atoms with Gasteiger partial charge in [-0.25, -0.2) is 4.99 Å². The largest absolute Gasteiger partial charge is 0.404 e. The molecule has 1 atom stereocenters. The molecule has 1 aliphatic carbocycles. The molecular weight excluding hydrogens is 314 g/mol. The highest BCUT2D eigenvalue weighted by Crippen LogP contribution is 2.39. The van der Waals surface area contributed by atoms with E-state index in [2.05, 4.69) is 16.4 Å². The first-order valence-electron chi connectivity index (χ1n) is 8.25. The topological polar surface area (TPSA) is 148 Å². The third-order valence-electron chi connectivity index (χ3n) is 4.85. The number of allylic oxidation sites excluding steroid dienone is 6. The molecule has 2 aliphatic heterocycles. The normalized spacial score (nSPS) is 26.5. The Bertz CT molecular complexity index is 811. The maximum absolute atomic E-state index is 9.87. The number of piperidine rings is 1. The predicted octanol–water partition coefficient (Wildman–Crippen LogP) is 1.13. The molecule has 7 heteroatoms. The summed E-state index contributed by atoms with van der Waals surface area (Å²) in [5, 5.41) is 29.4. The Kier molecular flexibility index (Phi) is 4.63. The molecule has 0 aromatic carbocycles. The van der Waals surface area contributed by atoms with Crippen molar-refractivity contribution in [3.8, 4) is 6.07 Å². The molecule has 7 N–H and O–H groups in total. The molecule has 3 rings (SSSR count). The summed E-state index contributed by atoms with van der Waals surface area (Å²) in [6, 6.07) is 2.29. The summed E-state index contributed by atoms with van der Waals surface area (Å²) in [5.74, 6) is -0.102. The Labute approximate surface area is 146 Å². The van der Waals surface area contributed by atoms with Gasteiger partial charge >= 0.3 is 0 Å². The maximum Gasteiger partial charge on any atom is 0.129 e. The number of nitriles is 1. The Morgan fingerprint density at radius 1 is 1.32 bits per heavy atom. The van der Waals surface area contributed by atoms with Crippen LogP contribution in [0, 0.1) is 34.0 Å². The molecule has 0 saturated carbocycles. The van der Waals surface area contributed by atoms with E-state index in [4.69, 9.17) is 22.3 Å². The summed E-state index contributed by atoms with van der Waals surface area (Å²) < 4.78 is 0. The number of amidine groups is 1. The van der Waals surface area contributed by atoms with Crippen LogP contribution in [0.4, 0.5) is 0 Å². The van der Waals surface area contributed by atoms with Crippen LogP contribution in [0.5, 0.6) is 0 Å². The minimum absolute atomic E-state index is 0.0824. The van der Waals surface area contributed by atoms with Gasteiger partial charge in [0.25, 0.3) is 0 Å². The Balaban J connectivity index is 2.15. The summed E-state index contributed by atoms with van der Waals surface area (Å²) in [6.45, 7) is 1.75. The van der Waals surface area contributed by atoms with Crippen molar-refractivity contribution in [2.45, 2.75) is 12.8 Å². The SMILES string of the molecule is N#CC1=C(C2CCNCC2)N=C(N)/C(=C\N)C1C1=CC=CC(=N)C1=N. The van der Waals surface area contributed by atoms with Crippen molar-refractivity contribution < 1.29 is 0 Å². The molecule has 0 aromatic heterocycles. The number of aliphatic imine (C=N–C) groups is 1. The minimum Gasteiger partial charge on any atom is -0.404 e. The first-order valence-corrected chi connectivity index (χ1v) is 8.25. The molecular formula is C18H21N7. The van der Waals surface area contributed by atoms with Crippen LogP contribution in [0.25, 0.3) is 0 Å². The number of hydrogen-bond donors (Lipinski definition) is 5. The molecule has 2 heterocycles. The van der Waals surface area contributed by atoms with Gasteiger partial charge in [0, 0.05) is 17.7 Å². The third-order valence-corrected chi connectivity index (χ3v) is 4.85. The lowest BCUT2D eigenvalue weighted by Gasteiger charge is -2.32. The molecule has 0 bridgehead atoms. The van der Waals surface area contributed by atoms with Crippen LogP contribution >= 0.6 is 0 Å². The van der Waals surface area contributed by atoms with Crippen molar-refractivity contribution in [2.24, 2.45) is 28.3 Å². The standard InChI is InChI=1S/C18H21N7/c19-8-12-15(11-2-1-3-14(21)16(11)22)13(9-20)18(23)25-17(12)10-4-6-24-7-5-10/h1-3,9-10,15,21-22,24H,4-7,20H2,(H2,23,25)/b13-9-,21-14?,22-16?. The fraction of sp³-hybridized carbons (Fsp3) is 0.333. The van der Waals surface area contributed by atoms with E-state index in [9.17, 15) is 5.26 Å². The Morgan fingerprint density at radius 2 is 2.04 bits per heavy atom. The summed E-state index contributed by atoms with van der Waals surface area (Å²) in [7, 11) is 0. The van der Waals surface area contributed by atoms with Gasteiger partial charge in [-0.1, -0.05) is 12.2 Å². The van der Waals surface area contributed by atoms with E-state index in [0.717, 1.165) is 25.9 Å². The van der Waals surface area contributed by atoms with Gasteiger partial charge in [0.15, 0.2) is 0 Å². The third kappa shape index (κ3) is 2.92. The van der Waals surface area contributed by atoms with Crippen molar-refractivity contribution in [3.63, 3.8) is 0 Å². The van der Waals surface area contributed by atoms with E-state index in [0.29, 0.717) is 22.4 Å². The van der Waals surface area contributed by atoms with E-state index in [1.165, 1.54) is 6.20 Å². The monoisotopic (exact) mass is 335 g/mol. The summed E-state index contributed by atoms with van der Waals surface area (Å²) in [6.07, 6.45) is 8.16. The molecule has 1 saturated heterocycles. The number of hydrogen-bond acceptors (Lipinski definition) is 7. The maximum atomic E-state index is 9.87. The van der Waals surface area contributed by atoms with Crippen LogP contribution in [-0.2, 0) is 0 Å². The van der Waals surface area contributed by atoms with Crippen molar-refractivity contribution >= 4 is 17.3 Å². The number of rotatable bonds is 2. The smallest absolute Gasteiger partial charge is 0.129 e. The first kappa shape index (κ1) is 16.9. The molecule has 128 valence electrons. The quantitative estimate of drug-likeness (QED) is 0.481. The summed E-state index contributed by atoms with van der Waals surface area (Å²) in [4.78, 5) is 4.51. The van der Waals surface area contributed by atoms with Crippen molar-refractivity contribution in [3.05, 3.63) is 46.8 Å². The van der Waals surface area contributed by atoms with Crippen LogP contribution in [0.3, 0.4) is 0 Å². The van der Waals surface area contributed by atoms with Crippen LogP contribution in [-0.4, -0.2) is 30.3 Å². The highest BCUT2D eigenvalue weighted by atomic mass is 14.9. The molecule has 25 heavy (non-hydrogen) atoms. The predicted molar refractivity (Wildman–Crippen MR) is 98.3 cm³/mol. The van der Waals surface area contributed by atoms with Crippen LogP contribution in [0.2, 0.25) is 0 Å². The average Bonchev–Trinajstić information content (AvgIpc) is 2.64. The highest BCUT2D eigenvalue weighted by molar-refractivity contribution is 6.51. The molecule has 3 aliphatic rings. The lowest BCUT2D eigenvalue weighted by molar-refractivity contribution is 0.413. The van der Waals surface area contributed by atoms with Crippen LogP contribution < -0.4 is 16.8 Å². The first-order chi connectivity index (χ1) is 12.1. The molecule has 0 spiro atoms. The fourth-order valence-corrected chi connectivity index (χ4v) is 3.55. The van der Waals surface area contributed by atoms with E-state index in [1.807, 2.05) is 0 Å². The second kappa shape index (κ2) is 6.87. The van der Waals surface area contributed by atoms with Crippen LogP contribution in [0.15, 0.2) is 51.8 Å². The van der Waals surface area contributed by atoms with Crippen LogP contribution in [0.1, 0.15) is 12.8 Å². The van der Waals surface area contributed by atoms with Crippen molar-refractivity contribution in [2.75, 3.05) is 13.1 Å². The molecule has 1 unspecified atom stereocenters. The Hall–Kier alpha value is -2.98. The van der Waals surface area contributed by atoms with Crippen molar-refractivity contribution in [1.29, 1.82) is 16.1 Å². The summed E-state index contributed by atoms with van der Waals surface area (Å²) >= 11 is 0. The van der Waals surface area contributed by atoms with Gasteiger partial charge in [-0.15, -0.1) is 0 Å². The number of nitrogens with one attached hydrogen (secondary N) is 3. The van der Waals surface area contributed by atoms with Gasteiger partial charge in [0.1, 0.15) is 5.84 Å². The second-order valence-corrected chi connectivity index (χ2v) is 6.26. The average molecular weight is 335 g/mol. The fourth-order valence-electron chi connectivity index (χ4n) is 3.55. The lowest BCUT2D eigenvalue weighted by atomic mass is 9.75. The van der Waals surface area contributed by atoms with E-state index in [-0.39, 0.29) is 23.2 Å². The molecule has 7 nitrogen and oxygen atoms in total. The van der Waals surface area contributed by atoms with Gasteiger partial charge in [-0.05, 0) is 37.6 Å². The number of nitrogens with two attached hydrogens (primary N) is 2. The zero-order chi connectivity index (χ0) is 18.0. The zero-order valence-electron chi connectivity index (χ0n) is 13.8. The molecule has 0 radical (unpaired) electrons. The van der Waals surface area contributed by atoms with Gasteiger partial charge in [0.2, 0.25) is 0 Å². The second-order valence-electron chi connectivity index (χ2n) is 6.26. The minimum atomic E-state index is -0.546. The van der Waals surface area contributed by atoms with Gasteiger partial charge in [0.05, 0.1) is 34.7 Å². The van der Waals surface area contributed by atoms with Crippen molar-refractivity contribution in [1.82, 2.24) is 5.32 Å².